The van der Waals surface area contributed by atoms with Crippen molar-refractivity contribution in [2.24, 2.45) is 4.99 Å². The molecule has 0 bridgehead atoms. The number of aliphatic imine (C=N–C) groups is 1. The van der Waals surface area contributed by atoms with Crippen molar-refractivity contribution in [1.29, 1.82) is 0 Å². The van der Waals surface area contributed by atoms with E-state index in [0.717, 1.165) is 38.3 Å². The molecule has 1 aliphatic heterocycles. The monoisotopic (exact) mass is 523 g/mol. The lowest BCUT2D eigenvalue weighted by Gasteiger charge is -2.12. The van der Waals surface area contributed by atoms with Gasteiger partial charge in [0.05, 0.1) is 18.7 Å². The summed E-state index contributed by atoms with van der Waals surface area (Å²) in [5, 5.41) is 31.8. The first-order valence-corrected chi connectivity index (χ1v) is 12.3. The van der Waals surface area contributed by atoms with Crippen LogP contribution in [0.15, 0.2) is 47.5 Å². The van der Waals surface area contributed by atoms with Crippen molar-refractivity contribution in [2.75, 3.05) is 5.32 Å². The number of aliphatic hydroxyl groups is 1. The van der Waals surface area contributed by atoms with Crippen LogP contribution in [0.4, 0.5) is 14.5 Å². The van der Waals surface area contributed by atoms with Gasteiger partial charge in [0.2, 0.25) is 0 Å². The summed E-state index contributed by atoms with van der Waals surface area (Å²) in [6.45, 7) is 3.73. The van der Waals surface area contributed by atoms with Crippen LogP contribution >= 0.6 is 11.3 Å². The first-order valence-electron chi connectivity index (χ1n) is 11.5. The zero-order chi connectivity index (χ0) is 26.3. The number of aliphatic hydroxyl groups excluding tert-OH is 1. The van der Waals surface area contributed by atoms with E-state index in [2.05, 4.69) is 15.5 Å². The number of aliphatic carboxylic acids is 1. The number of thiophene rings is 1. The molecule has 0 saturated carbocycles. The summed E-state index contributed by atoms with van der Waals surface area (Å²) >= 11 is 1.40. The van der Waals surface area contributed by atoms with E-state index < -0.39 is 23.6 Å². The number of nitrogens with zero attached hydrogens (tertiary/aromatic N) is 4. The second-order valence-electron chi connectivity index (χ2n) is 8.69. The van der Waals surface area contributed by atoms with Gasteiger partial charge in [0.1, 0.15) is 28.5 Å². The Bertz CT molecular complexity index is 1530. The molecule has 8 nitrogen and oxygen atoms in total. The Kier molecular flexibility index (Phi) is 6.57. The van der Waals surface area contributed by atoms with Crippen molar-refractivity contribution in [3.8, 4) is 5.00 Å². The van der Waals surface area contributed by atoms with Gasteiger partial charge >= 0.3 is 5.97 Å². The first-order chi connectivity index (χ1) is 17.8. The Hall–Kier alpha value is -3.96. The van der Waals surface area contributed by atoms with Gasteiger partial charge in [-0.15, -0.1) is 21.5 Å². The Morgan fingerprint density at radius 3 is 2.57 bits per heavy atom. The van der Waals surface area contributed by atoms with E-state index in [-0.39, 0.29) is 19.6 Å². The van der Waals surface area contributed by atoms with Gasteiger partial charge in [0.25, 0.3) is 0 Å². The minimum atomic E-state index is -1.01. The van der Waals surface area contributed by atoms with Crippen LogP contribution in [-0.2, 0) is 17.9 Å². The molecule has 0 radical (unpaired) electrons. The normalized spacial score (nSPS) is 14.5. The van der Waals surface area contributed by atoms with Gasteiger partial charge in [-0.2, -0.15) is 0 Å². The zero-order valence-electron chi connectivity index (χ0n) is 20.0. The number of benzene rings is 2. The number of carboxylic acid groups (broad SMARTS) is 1. The minimum Gasteiger partial charge on any atom is -0.481 e. The lowest BCUT2D eigenvalue weighted by molar-refractivity contribution is -0.137. The van der Waals surface area contributed by atoms with E-state index in [0.29, 0.717) is 22.9 Å². The molecular weight excluding hydrogens is 500 g/mol. The van der Waals surface area contributed by atoms with E-state index in [1.165, 1.54) is 23.5 Å². The van der Waals surface area contributed by atoms with Crippen molar-refractivity contribution in [3.63, 3.8) is 0 Å². The van der Waals surface area contributed by atoms with Gasteiger partial charge in [-0.25, -0.2) is 8.78 Å². The van der Waals surface area contributed by atoms with Crippen molar-refractivity contribution in [1.82, 2.24) is 14.8 Å². The molecule has 0 fully saturated rings. The molecular formula is C26H23F2N5O3S. The van der Waals surface area contributed by atoms with E-state index >= 15 is 0 Å². The molecule has 0 aliphatic carbocycles. The number of aromatic nitrogens is 3. The molecule has 2 aromatic carbocycles. The first kappa shape index (κ1) is 24.7. The van der Waals surface area contributed by atoms with Crippen LogP contribution < -0.4 is 5.32 Å². The fraction of sp³-hybridized carbons (Fsp3) is 0.231. The minimum absolute atomic E-state index is 0.144. The van der Waals surface area contributed by atoms with Crippen LogP contribution in [0, 0.1) is 25.5 Å². The predicted octanol–water partition coefficient (Wildman–Crippen LogP) is 4.70. The number of rotatable bonds is 7. The molecule has 1 atom stereocenters. The summed E-state index contributed by atoms with van der Waals surface area (Å²) in [4.78, 5) is 17.3. The third-order valence-corrected chi connectivity index (χ3v) is 7.53. The molecule has 5 rings (SSSR count). The highest BCUT2D eigenvalue weighted by molar-refractivity contribution is 7.15. The highest BCUT2D eigenvalue weighted by Gasteiger charge is 2.32. The van der Waals surface area contributed by atoms with Crippen molar-refractivity contribution in [3.05, 3.63) is 92.9 Å². The van der Waals surface area contributed by atoms with Crippen LogP contribution in [0.2, 0.25) is 0 Å². The molecule has 2 aromatic heterocycles. The third kappa shape index (κ3) is 4.63. The van der Waals surface area contributed by atoms with Gasteiger partial charge in [0, 0.05) is 39.9 Å². The fourth-order valence-electron chi connectivity index (χ4n) is 4.38. The van der Waals surface area contributed by atoms with Gasteiger partial charge in [-0.3, -0.25) is 14.4 Å². The van der Waals surface area contributed by atoms with Crippen LogP contribution in [-0.4, -0.2) is 36.7 Å². The summed E-state index contributed by atoms with van der Waals surface area (Å²) in [6, 6.07) is 10.0. The van der Waals surface area contributed by atoms with Crippen LogP contribution in [0.1, 0.15) is 51.2 Å². The number of hydrogen-bond donors (Lipinski definition) is 3. The van der Waals surface area contributed by atoms with Gasteiger partial charge < -0.3 is 15.5 Å². The maximum absolute atomic E-state index is 14.0. The average Bonchev–Trinajstić information content (AvgIpc) is 3.36. The van der Waals surface area contributed by atoms with Crippen LogP contribution in [0.5, 0.6) is 0 Å². The standard InChI is InChI=1S/C26H23F2N5O3S/c1-13-21(12-34)37-26-23(13)24(30-20(10-22(35)36)25-32-31-14(2)33(25)26)15-4-7-18(8-5-15)29-11-16-3-6-17(27)9-19(16)28/h3-9,20,29,34H,10-12H2,1-2H3,(H,35,36)/t20-/m0/s1. The number of halogens is 2. The molecule has 0 saturated heterocycles. The van der Waals surface area contributed by atoms with Gasteiger partial charge in [-0.05, 0) is 37.6 Å². The third-order valence-electron chi connectivity index (χ3n) is 6.27. The van der Waals surface area contributed by atoms with E-state index in [1.54, 1.807) is 6.92 Å². The molecule has 0 unspecified atom stereocenters. The molecule has 0 spiro atoms. The van der Waals surface area contributed by atoms with E-state index in [9.17, 15) is 23.8 Å². The molecule has 4 aromatic rings. The molecule has 190 valence electrons. The smallest absolute Gasteiger partial charge is 0.306 e. The van der Waals surface area contributed by atoms with Crippen LogP contribution in [0.25, 0.3) is 5.00 Å². The largest absolute Gasteiger partial charge is 0.481 e. The number of anilines is 1. The maximum Gasteiger partial charge on any atom is 0.306 e. The topological polar surface area (TPSA) is 113 Å². The highest BCUT2D eigenvalue weighted by Crippen LogP contribution is 2.40. The fourth-order valence-corrected chi connectivity index (χ4v) is 5.61. The maximum atomic E-state index is 14.0. The number of carbonyl (C=O) groups is 1. The summed E-state index contributed by atoms with van der Waals surface area (Å²) in [5.41, 5.74) is 4.04. The van der Waals surface area contributed by atoms with Crippen LogP contribution in [0.3, 0.4) is 0 Å². The lowest BCUT2D eigenvalue weighted by Crippen LogP contribution is -2.11. The lowest BCUT2D eigenvalue weighted by atomic mass is 9.99. The van der Waals surface area contributed by atoms with E-state index in [4.69, 9.17) is 4.99 Å². The Morgan fingerprint density at radius 2 is 1.89 bits per heavy atom. The summed E-state index contributed by atoms with van der Waals surface area (Å²) in [7, 11) is 0. The summed E-state index contributed by atoms with van der Waals surface area (Å²) in [5.74, 6) is -1.23. The Balaban J connectivity index is 1.54. The second-order valence-corrected chi connectivity index (χ2v) is 9.77. The Morgan fingerprint density at radius 1 is 1.14 bits per heavy atom. The zero-order valence-corrected chi connectivity index (χ0v) is 20.8. The molecule has 3 heterocycles. The Labute approximate surface area is 215 Å². The highest BCUT2D eigenvalue weighted by atomic mass is 32.1. The molecule has 1 aliphatic rings. The van der Waals surface area contributed by atoms with Crippen molar-refractivity contribution < 1.29 is 23.8 Å². The second kappa shape index (κ2) is 9.83. The molecule has 37 heavy (non-hydrogen) atoms. The molecule has 3 N–H and O–H groups in total. The average molecular weight is 524 g/mol. The summed E-state index contributed by atoms with van der Waals surface area (Å²) in [6.07, 6.45) is -0.259. The SMILES string of the molecule is Cc1c(CO)sc2c1C(c1ccc(NCc3ccc(F)cc3F)cc1)=N[C@@H](CC(=O)O)c1nnc(C)n1-2. The van der Waals surface area contributed by atoms with Crippen molar-refractivity contribution in [2.45, 2.75) is 39.5 Å². The number of nitrogens with one attached hydrogen (secondary N) is 1. The van der Waals surface area contributed by atoms with Crippen molar-refractivity contribution >= 4 is 28.7 Å². The molecule has 0 amide bonds. The number of hydrogen-bond acceptors (Lipinski definition) is 7. The van der Waals surface area contributed by atoms with Gasteiger partial charge in [-0.1, -0.05) is 18.2 Å². The number of fused-ring (bicyclic) bond motifs is 3. The molecule has 11 heteroatoms. The van der Waals surface area contributed by atoms with E-state index in [1.807, 2.05) is 35.8 Å². The predicted molar refractivity (Wildman–Crippen MR) is 135 cm³/mol. The summed E-state index contributed by atoms with van der Waals surface area (Å²) < 4.78 is 29.0. The van der Waals surface area contributed by atoms with Gasteiger partial charge in [0.15, 0.2) is 5.82 Å². The quantitative estimate of drug-likeness (QED) is 0.324. The number of carboxylic acids is 1. The number of aryl methyl sites for hydroxylation is 1.